The van der Waals surface area contributed by atoms with Crippen molar-refractivity contribution < 1.29 is 0 Å². The van der Waals surface area contributed by atoms with Gasteiger partial charge in [-0.1, -0.05) is 51.1 Å². The summed E-state index contributed by atoms with van der Waals surface area (Å²) in [5.41, 5.74) is 32.5. The zero-order valence-electron chi connectivity index (χ0n) is 21.1. The molecule has 0 heterocycles. The molecular weight excluding hydrogens is 460 g/mol. The summed E-state index contributed by atoms with van der Waals surface area (Å²) in [5.74, 6) is 0.666. The van der Waals surface area contributed by atoms with Crippen molar-refractivity contribution >= 4 is 35.6 Å². The fraction of sp³-hybridized carbons (Fsp3) is 0.455. The van der Waals surface area contributed by atoms with E-state index in [4.69, 9.17) is 45.2 Å². The van der Waals surface area contributed by atoms with Crippen LogP contribution < -0.4 is 39.7 Å². The van der Waals surface area contributed by atoms with Crippen LogP contribution in [-0.2, 0) is 6.42 Å². The first-order chi connectivity index (χ1) is 16.4. The highest BCUT2D eigenvalue weighted by Crippen LogP contribution is 1.99. The normalized spacial score (nSPS) is 10.8. The molecule has 0 unspecified atom stereocenters. The van der Waals surface area contributed by atoms with Gasteiger partial charge in [0.2, 0.25) is 11.9 Å². The van der Waals surface area contributed by atoms with E-state index in [9.17, 15) is 0 Å². The second-order valence-electron chi connectivity index (χ2n) is 7.14. The molecule has 0 aromatic heterocycles. The van der Waals surface area contributed by atoms with E-state index in [0.29, 0.717) is 18.9 Å². The van der Waals surface area contributed by atoms with E-state index < -0.39 is 0 Å². The lowest BCUT2D eigenvalue weighted by atomic mass is 10.2. The van der Waals surface area contributed by atoms with Crippen LogP contribution in [0.5, 0.6) is 0 Å². The molecule has 15 N–H and O–H groups in total. The predicted octanol–water partition coefficient (Wildman–Crippen LogP) is -0.103. The standard InChI is InChI=1S/C10H15N5.C6H15N5.C5H12N4.CH4/c11-9(12)15-10(13)14-7-6-8-4-2-1-3-5-8;1-2-3-4-10-6(9)11-5(7)8;1-4(6)8-5(7)9(2)3;/h1-5H,6-7H2,(H6,11,12,13,14,15);2-4H2,1H3,(H6,7,8,9,10,11);1-3H3,(H3,6,7,8);1H4. The molecule has 0 atom stereocenters. The lowest BCUT2D eigenvalue weighted by Gasteiger charge is -2.07. The number of nitrogens with two attached hydrogens (primary N) is 6. The van der Waals surface area contributed by atoms with Gasteiger partial charge in [0.05, 0.1) is 5.84 Å². The Balaban J connectivity index is -0.000000465. The molecule has 1 rings (SSSR count). The van der Waals surface area contributed by atoms with E-state index >= 15 is 0 Å². The van der Waals surface area contributed by atoms with Gasteiger partial charge < -0.3 is 39.3 Å². The number of rotatable bonds is 6. The third-order valence-corrected chi connectivity index (χ3v) is 3.52. The average Bonchev–Trinajstić information content (AvgIpc) is 2.74. The van der Waals surface area contributed by atoms with Crippen molar-refractivity contribution in [1.29, 1.82) is 10.8 Å². The maximum Gasteiger partial charge on any atom is 0.218 e. The lowest BCUT2D eigenvalue weighted by molar-refractivity contribution is 0.610. The van der Waals surface area contributed by atoms with Crippen LogP contribution in [0.4, 0.5) is 0 Å². The average molecular weight is 507 g/mol. The number of hydrogen-bond acceptors (Lipinski definition) is 4. The quantitative estimate of drug-likeness (QED) is 0.142. The number of hydrogen-bond donors (Lipinski definition) is 9. The van der Waals surface area contributed by atoms with Gasteiger partial charge in [-0.25, -0.2) is 4.99 Å². The molecule has 0 spiro atoms. The van der Waals surface area contributed by atoms with Gasteiger partial charge in [0.25, 0.3) is 0 Å². The molecule has 0 aliphatic carbocycles. The second kappa shape index (κ2) is 22.4. The summed E-state index contributed by atoms with van der Waals surface area (Å²) in [6.45, 7) is 4.98. The molecule has 1 aromatic carbocycles. The van der Waals surface area contributed by atoms with Crippen LogP contribution in [0.1, 0.15) is 39.7 Å². The molecule has 14 nitrogen and oxygen atoms in total. The van der Waals surface area contributed by atoms with Gasteiger partial charge in [-0.3, -0.25) is 26.1 Å². The number of aliphatic imine (C=N–C) groups is 4. The molecule has 204 valence electrons. The Morgan fingerprint density at radius 2 is 1.50 bits per heavy atom. The van der Waals surface area contributed by atoms with Crippen LogP contribution in [0.2, 0.25) is 0 Å². The van der Waals surface area contributed by atoms with E-state index in [1.807, 2.05) is 30.3 Å². The summed E-state index contributed by atoms with van der Waals surface area (Å²) in [4.78, 5) is 16.8. The van der Waals surface area contributed by atoms with Crippen molar-refractivity contribution in [1.82, 2.24) is 10.2 Å². The van der Waals surface area contributed by atoms with Crippen molar-refractivity contribution in [2.24, 2.45) is 54.4 Å². The molecule has 0 fully saturated rings. The number of unbranched alkanes of at least 4 members (excludes halogenated alkanes) is 1. The van der Waals surface area contributed by atoms with E-state index in [0.717, 1.165) is 19.3 Å². The SMILES string of the molecule is C.CC(N)=NC(=N)N(C)C.CCCCN=C(N)NC(=N)N.NC(N)=NC(N)=NCCc1ccccc1. The Morgan fingerprint density at radius 1 is 0.917 bits per heavy atom. The number of nitrogens with one attached hydrogen (secondary N) is 3. The van der Waals surface area contributed by atoms with Gasteiger partial charge in [-0.2, -0.15) is 4.99 Å². The number of benzene rings is 1. The van der Waals surface area contributed by atoms with Crippen molar-refractivity contribution in [3.8, 4) is 0 Å². The smallest absolute Gasteiger partial charge is 0.218 e. The molecule has 0 amide bonds. The van der Waals surface area contributed by atoms with E-state index in [1.165, 1.54) is 5.56 Å². The molecule has 0 radical (unpaired) electrons. The predicted molar refractivity (Wildman–Crippen MR) is 154 cm³/mol. The Bertz CT molecular complexity index is 849. The van der Waals surface area contributed by atoms with Gasteiger partial charge in [0.15, 0.2) is 17.9 Å². The van der Waals surface area contributed by atoms with Gasteiger partial charge >= 0.3 is 0 Å². The number of guanidine groups is 5. The highest BCUT2D eigenvalue weighted by atomic mass is 15.2. The largest absolute Gasteiger partial charge is 0.387 e. The van der Waals surface area contributed by atoms with Crippen LogP contribution in [-0.4, -0.2) is 67.7 Å². The van der Waals surface area contributed by atoms with E-state index in [-0.39, 0.29) is 37.2 Å². The molecule has 0 aliphatic heterocycles. The van der Waals surface area contributed by atoms with Crippen molar-refractivity contribution in [3.63, 3.8) is 0 Å². The summed E-state index contributed by atoms with van der Waals surface area (Å²) in [6.07, 6.45) is 2.90. The van der Waals surface area contributed by atoms with Crippen LogP contribution in [0, 0.1) is 10.8 Å². The summed E-state index contributed by atoms with van der Waals surface area (Å²) in [6, 6.07) is 10.0. The number of nitrogens with zero attached hydrogens (tertiary/aromatic N) is 5. The van der Waals surface area contributed by atoms with Gasteiger partial charge in [-0.05, 0) is 25.3 Å². The maximum absolute atomic E-state index is 7.13. The molecule has 36 heavy (non-hydrogen) atoms. The van der Waals surface area contributed by atoms with E-state index in [1.54, 1.807) is 25.9 Å². The topological polar surface area (TPSA) is 269 Å². The summed E-state index contributed by atoms with van der Waals surface area (Å²) in [7, 11) is 3.49. The first-order valence-electron chi connectivity index (χ1n) is 10.8. The first kappa shape index (κ1) is 36.2. The minimum absolute atomic E-state index is 0. The van der Waals surface area contributed by atoms with E-state index in [2.05, 4.69) is 32.2 Å². The van der Waals surface area contributed by atoms with Crippen LogP contribution >= 0.6 is 0 Å². The Labute approximate surface area is 215 Å². The Morgan fingerprint density at radius 3 is 1.92 bits per heavy atom. The zero-order chi connectivity index (χ0) is 27.2. The highest BCUT2D eigenvalue weighted by molar-refractivity contribution is 5.95. The Kier molecular flexibility index (Phi) is 22.6. The summed E-state index contributed by atoms with van der Waals surface area (Å²) >= 11 is 0. The van der Waals surface area contributed by atoms with Crippen molar-refractivity contribution in [3.05, 3.63) is 35.9 Å². The molecule has 0 bridgehead atoms. The molecule has 0 saturated carbocycles. The van der Waals surface area contributed by atoms with Crippen LogP contribution in [0.15, 0.2) is 50.3 Å². The number of amidine groups is 1. The molecule has 1 aromatic rings. The zero-order valence-corrected chi connectivity index (χ0v) is 21.1. The maximum atomic E-state index is 7.13. The highest BCUT2D eigenvalue weighted by Gasteiger charge is 1.93. The molecule has 0 saturated heterocycles. The van der Waals surface area contributed by atoms with Gasteiger partial charge in [0, 0.05) is 27.2 Å². The minimum atomic E-state index is -0.178. The third-order valence-electron chi connectivity index (χ3n) is 3.52. The van der Waals surface area contributed by atoms with Gasteiger partial charge in [0.1, 0.15) is 0 Å². The summed E-state index contributed by atoms with van der Waals surface area (Å²) in [5, 5.41) is 16.3. The van der Waals surface area contributed by atoms with Crippen molar-refractivity contribution in [2.45, 2.75) is 40.5 Å². The molecule has 0 aliphatic rings. The molecular formula is C22H46N14. The van der Waals surface area contributed by atoms with Crippen LogP contribution in [0.3, 0.4) is 0 Å². The monoisotopic (exact) mass is 506 g/mol. The van der Waals surface area contributed by atoms with Crippen molar-refractivity contribution in [2.75, 3.05) is 27.2 Å². The second-order valence-corrected chi connectivity index (χ2v) is 7.14. The fourth-order valence-corrected chi connectivity index (χ4v) is 1.91. The van der Waals surface area contributed by atoms with Gasteiger partial charge in [-0.15, -0.1) is 0 Å². The Hall–Kier alpha value is -4.36. The first-order valence-corrected chi connectivity index (χ1v) is 10.8. The fourth-order valence-electron chi connectivity index (χ4n) is 1.91. The summed E-state index contributed by atoms with van der Waals surface area (Å²) < 4.78 is 0. The third kappa shape index (κ3) is 25.9. The minimum Gasteiger partial charge on any atom is -0.387 e. The lowest BCUT2D eigenvalue weighted by Crippen LogP contribution is -2.40. The molecule has 14 heteroatoms. The van der Waals surface area contributed by atoms with Crippen LogP contribution in [0.25, 0.3) is 0 Å².